The topological polar surface area (TPSA) is 27.7 Å². The van der Waals surface area contributed by atoms with E-state index in [1.807, 2.05) is 0 Å². The van der Waals surface area contributed by atoms with E-state index in [-0.39, 0.29) is 5.54 Å². The molecule has 20 heavy (non-hydrogen) atoms. The van der Waals surface area contributed by atoms with Crippen LogP contribution in [0.4, 0.5) is 0 Å². The molecule has 0 spiro atoms. The Kier molecular flexibility index (Phi) is 6.27. The summed E-state index contributed by atoms with van der Waals surface area (Å²) in [5.74, 6) is 0. The highest BCUT2D eigenvalue weighted by molar-refractivity contribution is 4.89. The number of likely N-dealkylation sites (tertiary alicyclic amines) is 1. The zero-order valence-electron chi connectivity index (χ0n) is 13.7. The lowest BCUT2D eigenvalue weighted by molar-refractivity contribution is -0.0187. The van der Waals surface area contributed by atoms with Crippen molar-refractivity contribution in [3.63, 3.8) is 0 Å². The number of piperazine rings is 1. The molecule has 0 amide bonds. The molecule has 0 saturated carbocycles. The molecule has 2 saturated heterocycles. The van der Waals surface area contributed by atoms with E-state index in [9.17, 15) is 0 Å². The molecule has 4 nitrogen and oxygen atoms in total. The number of hydrogen-bond acceptors (Lipinski definition) is 4. The van der Waals surface area contributed by atoms with Gasteiger partial charge in [-0.15, -0.1) is 0 Å². The van der Waals surface area contributed by atoms with Gasteiger partial charge in [-0.2, -0.15) is 0 Å². The van der Waals surface area contributed by atoms with E-state index in [0.29, 0.717) is 6.10 Å². The van der Waals surface area contributed by atoms with Crippen LogP contribution in [-0.2, 0) is 4.74 Å². The first-order valence-corrected chi connectivity index (χ1v) is 8.41. The third kappa shape index (κ3) is 4.69. The van der Waals surface area contributed by atoms with Crippen LogP contribution < -0.4 is 5.32 Å². The summed E-state index contributed by atoms with van der Waals surface area (Å²) in [4.78, 5) is 5.26. The van der Waals surface area contributed by atoms with Gasteiger partial charge >= 0.3 is 0 Å². The maximum absolute atomic E-state index is 5.96. The van der Waals surface area contributed by atoms with E-state index in [1.54, 1.807) is 0 Å². The van der Waals surface area contributed by atoms with E-state index < -0.39 is 0 Å². The van der Waals surface area contributed by atoms with E-state index in [1.165, 1.54) is 39.0 Å². The molecule has 2 fully saturated rings. The van der Waals surface area contributed by atoms with Crippen LogP contribution in [0.5, 0.6) is 0 Å². The van der Waals surface area contributed by atoms with Crippen LogP contribution in [0.25, 0.3) is 0 Å². The average molecular weight is 283 g/mol. The van der Waals surface area contributed by atoms with Gasteiger partial charge in [-0.3, -0.25) is 9.80 Å². The molecule has 0 bridgehead atoms. The molecular formula is C16H33N3O. The van der Waals surface area contributed by atoms with Crippen molar-refractivity contribution >= 4 is 0 Å². The number of ether oxygens (including phenoxy) is 1. The molecule has 0 radical (unpaired) electrons. The van der Waals surface area contributed by atoms with Crippen LogP contribution in [0.1, 0.15) is 40.0 Å². The fraction of sp³-hybridized carbons (Fsp3) is 1.00. The van der Waals surface area contributed by atoms with Gasteiger partial charge < -0.3 is 10.1 Å². The van der Waals surface area contributed by atoms with Crippen molar-refractivity contribution in [3.8, 4) is 0 Å². The fourth-order valence-corrected chi connectivity index (χ4v) is 3.49. The van der Waals surface area contributed by atoms with Crippen molar-refractivity contribution in [1.29, 1.82) is 0 Å². The summed E-state index contributed by atoms with van der Waals surface area (Å²) in [5, 5.41) is 3.45. The molecule has 0 aromatic rings. The first-order valence-electron chi connectivity index (χ1n) is 8.41. The van der Waals surface area contributed by atoms with Crippen molar-refractivity contribution in [2.24, 2.45) is 0 Å². The van der Waals surface area contributed by atoms with Gasteiger partial charge in [-0.1, -0.05) is 6.92 Å². The van der Waals surface area contributed by atoms with Gasteiger partial charge in [0.1, 0.15) is 0 Å². The summed E-state index contributed by atoms with van der Waals surface area (Å²) in [6.45, 7) is 16.0. The summed E-state index contributed by atoms with van der Waals surface area (Å²) in [6.07, 6.45) is 4.11. The van der Waals surface area contributed by atoms with Gasteiger partial charge in [0.05, 0.1) is 6.10 Å². The molecule has 1 atom stereocenters. The quantitative estimate of drug-likeness (QED) is 0.801. The molecule has 2 heterocycles. The Morgan fingerprint density at radius 2 is 1.95 bits per heavy atom. The van der Waals surface area contributed by atoms with E-state index in [0.717, 1.165) is 32.7 Å². The molecule has 1 unspecified atom stereocenters. The minimum absolute atomic E-state index is 0.273. The molecule has 0 aromatic carbocycles. The van der Waals surface area contributed by atoms with Crippen molar-refractivity contribution in [2.45, 2.75) is 51.7 Å². The van der Waals surface area contributed by atoms with Crippen LogP contribution in [0.15, 0.2) is 0 Å². The van der Waals surface area contributed by atoms with Crippen molar-refractivity contribution in [1.82, 2.24) is 15.1 Å². The molecule has 1 N–H and O–H groups in total. The Morgan fingerprint density at radius 3 is 2.65 bits per heavy atom. The highest BCUT2D eigenvalue weighted by Crippen LogP contribution is 2.21. The van der Waals surface area contributed by atoms with Crippen LogP contribution in [0.2, 0.25) is 0 Å². The van der Waals surface area contributed by atoms with Gasteiger partial charge in [-0.05, 0) is 39.7 Å². The third-order valence-electron chi connectivity index (χ3n) is 4.60. The van der Waals surface area contributed by atoms with Gasteiger partial charge in [-0.25, -0.2) is 0 Å². The maximum Gasteiger partial charge on any atom is 0.0702 e. The van der Waals surface area contributed by atoms with E-state index in [4.69, 9.17) is 4.74 Å². The first kappa shape index (κ1) is 16.2. The molecule has 118 valence electrons. The monoisotopic (exact) mass is 283 g/mol. The lowest BCUT2D eigenvalue weighted by Crippen LogP contribution is -2.58. The summed E-state index contributed by atoms with van der Waals surface area (Å²) in [5.41, 5.74) is 0.273. The minimum Gasteiger partial charge on any atom is -0.377 e. The maximum atomic E-state index is 5.96. The number of nitrogens with one attached hydrogen (secondary N) is 1. The van der Waals surface area contributed by atoms with Crippen LogP contribution >= 0.6 is 0 Å². The predicted octanol–water partition coefficient (Wildman–Crippen LogP) is 1.56. The summed E-state index contributed by atoms with van der Waals surface area (Å²) < 4.78 is 5.96. The van der Waals surface area contributed by atoms with Crippen molar-refractivity contribution < 1.29 is 4.74 Å². The minimum atomic E-state index is 0.273. The lowest BCUT2D eigenvalue weighted by Gasteiger charge is -2.45. The van der Waals surface area contributed by atoms with Gasteiger partial charge in [0, 0.05) is 51.4 Å². The normalized spacial score (nSPS) is 26.9. The van der Waals surface area contributed by atoms with E-state index >= 15 is 0 Å². The molecule has 2 rings (SSSR count). The second-order valence-electron chi connectivity index (χ2n) is 6.92. The Hall–Kier alpha value is -0.160. The van der Waals surface area contributed by atoms with Gasteiger partial charge in [0.25, 0.3) is 0 Å². The molecule has 2 aliphatic rings. The Bertz CT molecular complexity index is 277. The number of hydrogen-bond donors (Lipinski definition) is 1. The zero-order chi connectivity index (χ0) is 14.4. The number of rotatable bonds is 6. The molecule has 2 aliphatic heterocycles. The molecule has 4 heteroatoms. The highest BCUT2D eigenvalue weighted by atomic mass is 16.5. The highest BCUT2D eigenvalue weighted by Gasteiger charge is 2.31. The second kappa shape index (κ2) is 7.74. The van der Waals surface area contributed by atoms with Gasteiger partial charge in [0.15, 0.2) is 0 Å². The first-order chi connectivity index (χ1) is 9.62. The number of piperidine rings is 1. The predicted molar refractivity (Wildman–Crippen MR) is 84.2 cm³/mol. The summed E-state index contributed by atoms with van der Waals surface area (Å²) >= 11 is 0. The fourth-order valence-electron chi connectivity index (χ4n) is 3.49. The Labute approximate surface area is 124 Å². The van der Waals surface area contributed by atoms with Crippen LogP contribution in [-0.4, -0.2) is 73.9 Å². The number of nitrogens with zero attached hydrogens (tertiary/aromatic N) is 2. The van der Waals surface area contributed by atoms with E-state index in [2.05, 4.69) is 35.9 Å². The van der Waals surface area contributed by atoms with Crippen LogP contribution in [0.3, 0.4) is 0 Å². The summed E-state index contributed by atoms with van der Waals surface area (Å²) in [7, 11) is 0. The molecule has 0 aromatic heterocycles. The lowest BCUT2D eigenvalue weighted by atomic mass is 9.98. The largest absolute Gasteiger partial charge is 0.377 e. The standard InChI is InChI=1S/C16H33N3O/c1-4-12-20-15-6-5-9-18(13-15)14-16(2,3)19-10-7-17-8-11-19/h15,17H,4-14H2,1-3H3. The Morgan fingerprint density at radius 1 is 1.20 bits per heavy atom. The zero-order valence-corrected chi connectivity index (χ0v) is 13.7. The van der Waals surface area contributed by atoms with Crippen molar-refractivity contribution in [3.05, 3.63) is 0 Å². The van der Waals surface area contributed by atoms with Crippen molar-refractivity contribution in [2.75, 3.05) is 52.4 Å². The summed E-state index contributed by atoms with van der Waals surface area (Å²) in [6, 6.07) is 0. The second-order valence-corrected chi connectivity index (χ2v) is 6.92. The van der Waals surface area contributed by atoms with Crippen LogP contribution in [0, 0.1) is 0 Å². The van der Waals surface area contributed by atoms with Gasteiger partial charge in [0.2, 0.25) is 0 Å². The molecular weight excluding hydrogens is 250 g/mol. The SMILES string of the molecule is CCCOC1CCCN(CC(C)(C)N2CCNCC2)C1. The Balaban J connectivity index is 1.81. The average Bonchev–Trinajstić information content (AvgIpc) is 2.46. The third-order valence-corrected chi connectivity index (χ3v) is 4.60. The molecule has 0 aliphatic carbocycles. The smallest absolute Gasteiger partial charge is 0.0702 e.